The van der Waals surface area contributed by atoms with Gasteiger partial charge in [-0.05, 0) is 31.1 Å². The van der Waals surface area contributed by atoms with E-state index in [1.54, 1.807) is 0 Å². The highest BCUT2D eigenvalue weighted by molar-refractivity contribution is 7.80. The first kappa shape index (κ1) is 21.0. The molecule has 4 N–H and O–H groups in total. The summed E-state index contributed by atoms with van der Waals surface area (Å²) in [5.74, 6) is -0.626. The number of amides is 2. The van der Waals surface area contributed by atoms with Gasteiger partial charge in [0.2, 0.25) is 12.1 Å². The minimum Gasteiger partial charge on any atom is -0.381 e. The second-order valence-corrected chi connectivity index (χ2v) is 7.66. The number of anilines is 1. The van der Waals surface area contributed by atoms with Crippen molar-refractivity contribution in [2.75, 3.05) is 18.5 Å². The molecule has 2 aromatic carbocycles. The Morgan fingerprint density at radius 3 is 2.52 bits per heavy atom. The normalized spacial score (nSPS) is 18.6. The maximum Gasteiger partial charge on any atom is 0.269 e. The van der Waals surface area contributed by atoms with E-state index < -0.39 is 6.17 Å². The fourth-order valence-electron chi connectivity index (χ4n) is 3.52. The Bertz CT molecular complexity index is 1010. The summed E-state index contributed by atoms with van der Waals surface area (Å²) in [5, 5.41) is 5.87. The lowest BCUT2D eigenvalue weighted by Gasteiger charge is -2.22. The second-order valence-electron chi connectivity index (χ2n) is 7.26. The predicted molar refractivity (Wildman–Crippen MR) is 121 cm³/mol. The number of rotatable bonds is 3. The molecule has 0 aromatic heterocycles. The molecule has 1 fully saturated rings. The molecule has 0 saturated carbocycles. The van der Waals surface area contributed by atoms with Gasteiger partial charge in [-0.1, -0.05) is 48.5 Å². The molecule has 2 aromatic rings. The standard InChI is InChI=1S/C22H23N5O3S/c28-20(15-10-12-30-13-11-15)26-27-22(31)25-19-21(29)23-17-9-5-4-8-16(17)18(24-19)14-6-2-1-3-7-14/h1-9,15,19H,10-13H2,(H,23,29)(H,26,28)(H2,25,27,31). The quantitative estimate of drug-likeness (QED) is 0.431. The molecule has 2 amide bonds. The Morgan fingerprint density at radius 2 is 1.74 bits per heavy atom. The van der Waals surface area contributed by atoms with Crippen LogP contribution in [0.3, 0.4) is 0 Å². The van der Waals surface area contributed by atoms with Crippen molar-refractivity contribution in [3.8, 4) is 0 Å². The summed E-state index contributed by atoms with van der Waals surface area (Å²) < 4.78 is 5.28. The van der Waals surface area contributed by atoms with Gasteiger partial charge in [-0.3, -0.25) is 20.4 Å². The van der Waals surface area contributed by atoms with Crippen LogP contribution >= 0.6 is 12.2 Å². The summed E-state index contributed by atoms with van der Waals surface area (Å²) in [6.45, 7) is 1.14. The van der Waals surface area contributed by atoms with Crippen molar-refractivity contribution in [3.05, 3.63) is 65.7 Å². The van der Waals surface area contributed by atoms with E-state index in [1.165, 1.54) is 0 Å². The number of hydrogen-bond acceptors (Lipinski definition) is 5. The summed E-state index contributed by atoms with van der Waals surface area (Å²) in [4.78, 5) is 29.7. The number of fused-ring (bicyclic) bond motifs is 1. The zero-order valence-corrected chi connectivity index (χ0v) is 17.6. The summed E-state index contributed by atoms with van der Waals surface area (Å²) in [5.41, 5.74) is 8.32. The Labute approximate surface area is 185 Å². The number of nitrogens with one attached hydrogen (secondary N) is 4. The fraction of sp³-hybridized carbons (Fsp3) is 0.273. The first-order valence-electron chi connectivity index (χ1n) is 10.1. The molecule has 31 heavy (non-hydrogen) atoms. The van der Waals surface area contributed by atoms with Gasteiger partial charge in [-0.15, -0.1) is 0 Å². The predicted octanol–water partition coefficient (Wildman–Crippen LogP) is 1.72. The van der Waals surface area contributed by atoms with Crippen molar-refractivity contribution in [1.29, 1.82) is 0 Å². The van der Waals surface area contributed by atoms with Crippen molar-refractivity contribution in [2.24, 2.45) is 10.9 Å². The van der Waals surface area contributed by atoms with Crippen molar-refractivity contribution >= 4 is 40.5 Å². The third-order valence-corrected chi connectivity index (χ3v) is 5.37. The maximum absolute atomic E-state index is 12.8. The third-order valence-electron chi connectivity index (χ3n) is 5.15. The topological polar surface area (TPSA) is 104 Å². The molecule has 160 valence electrons. The van der Waals surface area contributed by atoms with Gasteiger partial charge in [0.1, 0.15) is 0 Å². The average molecular weight is 438 g/mol. The van der Waals surface area contributed by atoms with Gasteiger partial charge in [0.05, 0.1) is 11.4 Å². The fourth-order valence-corrected chi connectivity index (χ4v) is 3.68. The van der Waals surface area contributed by atoms with Crippen LogP contribution in [0, 0.1) is 5.92 Å². The van der Waals surface area contributed by atoms with Gasteiger partial charge in [-0.2, -0.15) is 0 Å². The van der Waals surface area contributed by atoms with E-state index in [9.17, 15) is 9.59 Å². The van der Waals surface area contributed by atoms with Gasteiger partial charge in [0.25, 0.3) is 5.91 Å². The number of carbonyl (C=O) groups is 2. The Balaban J connectivity index is 1.49. The first-order valence-corrected chi connectivity index (χ1v) is 10.5. The maximum atomic E-state index is 12.8. The van der Waals surface area contributed by atoms with E-state index >= 15 is 0 Å². The molecule has 2 heterocycles. The molecule has 1 unspecified atom stereocenters. The Hall–Kier alpha value is -3.30. The molecule has 0 aliphatic carbocycles. The number of benzodiazepines with no additional fused rings is 1. The number of carbonyl (C=O) groups excluding carboxylic acids is 2. The van der Waals surface area contributed by atoms with Crippen LogP contribution in [0.2, 0.25) is 0 Å². The zero-order chi connectivity index (χ0) is 21.6. The van der Waals surface area contributed by atoms with Crippen LogP contribution in [0.5, 0.6) is 0 Å². The van der Waals surface area contributed by atoms with E-state index in [4.69, 9.17) is 17.0 Å². The highest BCUT2D eigenvalue weighted by Crippen LogP contribution is 2.23. The molecule has 0 bridgehead atoms. The number of thiocarbonyl (C=S) groups is 1. The van der Waals surface area contributed by atoms with E-state index in [0.717, 1.165) is 11.1 Å². The van der Waals surface area contributed by atoms with Crippen LogP contribution < -0.4 is 21.5 Å². The molecule has 0 radical (unpaired) electrons. The number of para-hydroxylation sites is 1. The van der Waals surface area contributed by atoms with E-state index in [1.807, 2.05) is 54.6 Å². The molecule has 8 nitrogen and oxygen atoms in total. The smallest absolute Gasteiger partial charge is 0.269 e. The zero-order valence-electron chi connectivity index (χ0n) is 16.8. The number of hydrazine groups is 1. The van der Waals surface area contributed by atoms with E-state index in [-0.39, 0.29) is 22.8 Å². The minimum atomic E-state index is -0.970. The highest BCUT2D eigenvalue weighted by atomic mass is 32.1. The highest BCUT2D eigenvalue weighted by Gasteiger charge is 2.27. The van der Waals surface area contributed by atoms with Gasteiger partial charge in [-0.25, -0.2) is 4.99 Å². The summed E-state index contributed by atoms with van der Waals surface area (Å²) >= 11 is 5.28. The van der Waals surface area contributed by atoms with Crippen molar-refractivity contribution in [3.63, 3.8) is 0 Å². The van der Waals surface area contributed by atoms with Gasteiger partial charge >= 0.3 is 0 Å². The number of hydrogen-bond donors (Lipinski definition) is 4. The molecule has 4 rings (SSSR count). The van der Waals surface area contributed by atoms with Gasteiger partial charge < -0.3 is 15.4 Å². The van der Waals surface area contributed by atoms with Crippen molar-refractivity contribution in [1.82, 2.24) is 16.2 Å². The number of aliphatic imine (C=N–C) groups is 1. The van der Waals surface area contributed by atoms with Crippen LogP contribution in [0.4, 0.5) is 5.69 Å². The van der Waals surface area contributed by atoms with Gasteiger partial charge in [0, 0.05) is 30.3 Å². The number of ether oxygens (including phenoxy) is 1. The lowest BCUT2D eigenvalue weighted by Crippen LogP contribution is -2.53. The molecular formula is C22H23N5O3S. The Kier molecular flexibility index (Phi) is 6.54. The lowest BCUT2D eigenvalue weighted by molar-refractivity contribution is -0.128. The van der Waals surface area contributed by atoms with Crippen LogP contribution in [0.1, 0.15) is 24.0 Å². The molecule has 2 aliphatic rings. The molecule has 9 heteroatoms. The molecule has 1 atom stereocenters. The number of benzene rings is 2. The van der Waals surface area contributed by atoms with Crippen LogP contribution in [-0.4, -0.2) is 42.0 Å². The summed E-state index contributed by atoms with van der Waals surface area (Å²) in [6.07, 6.45) is 0.367. The number of nitrogens with zero attached hydrogens (tertiary/aromatic N) is 1. The molecular weight excluding hydrogens is 414 g/mol. The largest absolute Gasteiger partial charge is 0.381 e. The molecule has 2 aliphatic heterocycles. The second kappa shape index (κ2) is 9.67. The average Bonchev–Trinajstić information content (AvgIpc) is 2.95. The third kappa shape index (κ3) is 5.07. The molecule has 0 spiro atoms. The van der Waals surface area contributed by atoms with Crippen LogP contribution in [0.15, 0.2) is 59.6 Å². The van der Waals surface area contributed by atoms with Crippen molar-refractivity contribution < 1.29 is 14.3 Å². The van der Waals surface area contributed by atoms with E-state index in [2.05, 4.69) is 26.5 Å². The first-order chi connectivity index (χ1) is 15.1. The van der Waals surface area contributed by atoms with Gasteiger partial charge in [0.15, 0.2) is 5.11 Å². The molecule has 1 saturated heterocycles. The van der Waals surface area contributed by atoms with E-state index in [0.29, 0.717) is 37.5 Å². The SMILES string of the molecule is O=C(NNC(=S)NC1N=C(c2ccccc2)c2ccccc2NC1=O)C1CCOCC1. The lowest BCUT2D eigenvalue weighted by atomic mass is 10.00. The minimum absolute atomic E-state index is 0.0997. The summed E-state index contributed by atoms with van der Waals surface area (Å²) in [6, 6.07) is 17.1. The van der Waals surface area contributed by atoms with Crippen LogP contribution in [0.25, 0.3) is 0 Å². The monoisotopic (exact) mass is 437 g/mol. The summed E-state index contributed by atoms with van der Waals surface area (Å²) in [7, 11) is 0. The van der Waals surface area contributed by atoms with Crippen molar-refractivity contribution in [2.45, 2.75) is 19.0 Å². The van der Waals surface area contributed by atoms with Crippen LogP contribution in [-0.2, 0) is 14.3 Å². The Morgan fingerprint density at radius 1 is 1.03 bits per heavy atom.